The summed E-state index contributed by atoms with van der Waals surface area (Å²) < 4.78 is 66.6. The summed E-state index contributed by atoms with van der Waals surface area (Å²) in [6, 6.07) is 5.25. The van der Waals surface area contributed by atoms with Crippen LogP contribution in [0.5, 0.6) is 0 Å². The number of nitrogens with zero attached hydrogens (tertiary/aromatic N) is 1. The van der Waals surface area contributed by atoms with Crippen molar-refractivity contribution in [2.75, 3.05) is 13.7 Å². The quantitative estimate of drug-likeness (QED) is 0.0303. The molecule has 0 aromatic heterocycles. The molecule has 25 heteroatoms. The van der Waals surface area contributed by atoms with Gasteiger partial charge in [-0.25, -0.2) is 9.59 Å². The summed E-state index contributed by atoms with van der Waals surface area (Å²) in [5.74, 6) is -5.36. The first-order valence-electron chi connectivity index (χ1n) is 36.0. The highest BCUT2D eigenvalue weighted by molar-refractivity contribution is 6.01. The van der Waals surface area contributed by atoms with Crippen molar-refractivity contribution in [3.63, 3.8) is 0 Å². The Morgan fingerprint density at radius 2 is 1.43 bits per heavy atom. The fourth-order valence-electron chi connectivity index (χ4n) is 16.6. The van der Waals surface area contributed by atoms with Gasteiger partial charge in [-0.3, -0.25) is 33.6 Å². The molecule has 21 atom stereocenters. The van der Waals surface area contributed by atoms with E-state index in [0.717, 1.165) is 43.3 Å². The van der Waals surface area contributed by atoms with E-state index in [1.165, 1.54) is 0 Å². The number of aliphatic hydroxyl groups is 1. The Hall–Kier alpha value is -5.87. The van der Waals surface area contributed by atoms with Gasteiger partial charge in [0, 0.05) is 109 Å². The number of ketones is 3. The van der Waals surface area contributed by atoms with Crippen LogP contribution in [0.3, 0.4) is 0 Å². The molecule has 25 nitrogen and oxygen atoms in total. The van der Waals surface area contributed by atoms with Gasteiger partial charge in [0.1, 0.15) is 48.7 Å². The SMILES string of the molecule is C=C1C[C@@H]2CC[C@@]34CC5O[C@H]6[C@@H](O3)[C@H]3OC(CC[C@@H]3O[C@H]6C5O4)CC(=O)C[C@@H]3[C@@H](OC)[C@@H](C[C@H](O)CCC(=O)OCc4ccc(CC(=O)[C@H](CCCNC(N)=O)NC(=O)[C@@H](CC(=O)CCCCCC(=O)ON5C(=O)CCC5=O)C(C)C)cc4)O[C@H]3CC3O[C@@H](CCC1O2)CC(C)C3=C. The van der Waals surface area contributed by atoms with E-state index in [0.29, 0.717) is 74.0 Å². The summed E-state index contributed by atoms with van der Waals surface area (Å²) >= 11 is 0. The van der Waals surface area contributed by atoms with Crippen molar-refractivity contribution >= 4 is 53.0 Å². The number of urea groups is 1. The molecule has 0 saturated carbocycles. The van der Waals surface area contributed by atoms with Gasteiger partial charge in [0.15, 0.2) is 11.6 Å². The minimum atomic E-state index is -0.988. The Kier molecular flexibility index (Phi) is 24.6. The van der Waals surface area contributed by atoms with E-state index in [2.05, 4.69) is 30.7 Å². The normalized spacial score (nSPS) is 34.6. The van der Waals surface area contributed by atoms with Crippen molar-refractivity contribution in [3.8, 4) is 0 Å². The number of carbonyl (C=O) groups excluding carboxylic acids is 9. The number of hydrogen-bond donors (Lipinski definition) is 4. The molecule has 5 amide bonds. The molecule has 11 heterocycles. The number of benzene rings is 1. The number of amides is 5. The van der Waals surface area contributed by atoms with Crippen LogP contribution in [0.2, 0.25) is 0 Å². The van der Waals surface area contributed by atoms with Crippen molar-refractivity contribution in [3.05, 3.63) is 59.7 Å². The predicted molar refractivity (Wildman–Crippen MR) is 348 cm³/mol. The lowest BCUT2D eigenvalue weighted by Crippen LogP contribution is -2.61. The van der Waals surface area contributed by atoms with Gasteiger partial charge < -0.3 is 73.7 Å². The molecule has 98 heavy (non-hydrogen) atoms. The monoisotopic (exact) mass is 1370 g/mol. The number of rotatable bonds is 27. The highest BCUT2D eigenvalue weighted by Crippen LogP contribution is 2.55. The predicted octanol–water partition coefficient (Wildman–Crippen LogP) is 6.84. The maximum Gasteiger partial charge on any atom is 0.333 e. The number of unbranched alkanes of at least 4 members (excludes halogenated alkanes) is 2. The molecule has 12 bridgehead atoms. The average Bonchev–Trinajstić information content (AvgIpc) is 1.55. The summed E-state index contributed by atoms with van der Waals surface area (Å²) in [6.07, 6.45) is 3.46. The van der Waals surface area contributed by atoms with Gasteiger partial charge in [0.2, 0.25) is 5.91 Å². The van der Waals surface area contributed by atoms with E-state index < -0.39 is 96.0 Å². The summed E-state index contributed by atoms with van der Waals surface area (Å²) in [6.45, 7) is 14.9. The Bertz CT molecular complexity index is 3070. The summed E-state index contributed by atoms with van der Waals surface area (Å²) in [4.78, 5) is 121. The molecule has 5 N–H and O–H groups in total. The van der Waals surface area contributed by atoms with Gasteiger partial charge in [0.05, 0.1) is 73.2 Å². The lowest BCUT2D eigenvalue weighted by molar-refractivity contribution is -0.292. The van der Waals surface area contributed by atoms with Gasteiger partial charge in [-0.05, 0) is 111 Å². The van der Waals surface area contributed by atoms with Crippen molar-refractivity contribution in [1.82, 2.24) is 15.7 Å². The highest BCUT2D eigenvalue weighted by atomic mass is 16.8. The Balaban J connectivity index is 0.664. The van der Waals surface area contributed by atoms with Crippen LogP contribution in [0.25, 0.3) is 0 Å². The first kappa shape index (κ1) is 73.4. The number of ether oxygens (including phenoxy) is 10. The molecule has 540 valence electrons. The van der Waals surface area contributed by atoms with E-state index in [1.54, 1.807) is 31.4 Å². The third-order valence-corrected chi connectivity index (χ3v) is 22.0. The molecular weight excluding hydrogens is 1270 g/mol. The molecule has 11 aliphatic rings. The van der Waals surface area contributed by atoms with E-state index >= 15 is 0 Å². The first-order valence-corrected chi connectivity index (χ1v) is 36.0. The van der Waals surface area contributed by atoms with Gasteiger partial charge in [-0.2, -0.15) is 0 Å². The van der Waals surface area contributed by atoms with Gasteiger partial charge >= 0.3 is 18.0 Å². The van der Waals surface area contributed by atoms with Crippen LogP contribution in [0.4, 0.5) is 4.79 Å². The van der Waals surface area contributed by atoms with Crippen LogP contribution < -0.4 is 16.4 Å². The number of carbonyl (C=O) groups is 9. The van der Waals surface area contributed by atoms with Crippen LogP contribution in [0.15, 0.2) is 48.6 Å². The maximum absolute atomic E-state index is 14.6. The third kappa shape index (κ3) is 18.1. The van der Waals surface area contributed by atoms with E-state index in [-0.39, 0.29) is 180 Å². The number of hydroxylamine groups is 2. The molecular formula is C73H102N4O21. The second-order valence-corrected chi connectivity index (χ2v) is 29.5. The molecule has 0 radical (unpaired) electrons. The number of hydrogen-bond acceptors (Lipinski definition) is 21. The molecule has 1 aromatic rings. The number of esters is 1. The highest BCUT2D eigenvalue weighted by Gasteiger charge is 2.69. The standard InChI is InChI=1S/C73H102N4O21/c1-39(2)51(33-45(78)11-8-7-9-13-64(85)98-77-61(82)23-24-62(77)83)71(86)76-53(12-10-28-75-72(74)87)54(81)31-43-14-16-44(17-15-43)38-89-63(84)25-18-46(79)35-59-65(88-6)52-34-47(80)32-49-20-22-56-66(92-49)70-69-68(94-56)67-60(95-69)37-73(96-67,97-70)27-26-50-30-41(4)55(90-50)21-19-48-29-40(3)42(5)57(91-48)36-58(52)93-59/h14-17,39-40,46,48-53,55-60,65-70,79H,4-5,7-13,18-38H2,1-3,6H3,(H,76,86)(H3,74,75,87)/t40?,46-,48+,49?,50+,51+,52+,53+,55?,56+,57?,58+,59-,60?,65-,66+,67?,68+,69-,70+,73+/m1/s1. The van der Waals surface area contributed by atoms with E-state index in [1.807, 2.05) is 13.8 Å². The number of aliphatic hydroxyl groups excluding tert-OH is 1. The Morgan fingerprint density at radius 1 is 0.724 bits per heavy atom. The number of nitrogens with one attached hydrogen (secondary N) is 2. The van der Waals surface area contributed by atoms with E-state index in [4.69, 9.17) is 57.9 Å². The number of imide groups is 1. The molecule has 1 spiro atoms. The maximum atomic E-state index is 14.6. The number of nitrogens with two attached hydrogens (primary N) is 1. The van der Waals surface area contributed by atoms with Crippen LogP contribution in [0.1, 0.15) is 192 Å². The summed E-state index contributed by atoms with van der Waals surface area (Å²) in [5, 5.41) is 17.5. The van der Waals surface area contributed by atoms with Crippen molar-refractivity contribution in [2.45, 2.75) is 304 Å². The van der Waals surface area contributed by atoms with E-state index in [9.17, 15) is 48.3 Å². The molecule has 11 aliphatic heterocycles. The first-order chi connectivity index (χ1) is 47.0. The summed E-state index contributed by atoms with van der Waals surface area (Å²) in [5.41, 5.74) is 8.61. The fourth-order valence-corrected chi connectivity index (χ4v) is 16.6. The average molecular weight is 1370 g/mol. The number of methoxy groups -OCH3 is 1. The second-order valence-electron chi connectivity index (χ2n) is 29.5. The minimum Gasteiger partial charge on any atom is -0.461 e. The number of Topliss-reactive ketones (excluding diaryl/α,β-unsaturated/α-hetero) is 3. The number of primary amides is 1. The van der Waals surface area contributed by atoms with Gasteiger partial charge in [-0.1, -0.05) is 64.6 Å². The Morgan fingerprint density at radius 3 is 2.18 bits per heavy atom. The van der Waals surface area contributed by atoms with Crippen molar-refractivity contribution < 1.29 is 100 Å². The van der Waals surface area contributed by atoms with Gasteiger partial charge in [0.25, 0.3) is 11.8 Å². The zero-order valence-corrected chi connectivity index (χ0v) is 57.3. The van der Waals surface area contributed by atoms with Crippen molar-refractivity contribution in [1.29, 1.82) is 0 Å². The van der Waals surface area contributed by atoms with Crippen LogP contribution >= 0.6 is 0 Å². The third-order valence-electron chi connectivity index (χ3n) is 22.0. The zero-order chi connectivity index (χ0) is 69.5. The van der Waals surface area contributed by atoms with Crippen molar-refractivity contribution in [2.24, 2.45) is 29.4 Å². The largest absolute Gasteiger partial charge is 0.461 e. The van der Waals surface area contributed by atoms with Crippen LogP contribution in [-0.4, -0.2) is 186 Å². The molecule has 12 rings (SSSR count). The lowest BCUT2D eigenvalue weighted by Gasteiger charge is -2.47. The lowest BCUT2D eigenvalue weighted by atomic mass is 9.81. The smallest absolute Gasteiger partial charge is 0.333 e. The minimum absolute atomic E-state index is 0.00451. The number of fused-ring (bicyclic) bond motifs is 6. The second kappa shape index (κ2) is 32.8. The Labute approximate surface area is 573 Å². The van der Waals surface area contributed by atoms with Gasteiger partial charge in [-0.15, -0.1) is 5.06 Å². The van der Waals surface area contributed by atoms with Crippen LogP contribution in [0, 0.1) is 23.7 Å². The van der Waals surface area contributed by atoms with Crippen LogP contribution in [-0.2, 0) is 104 Å². The molecule has 0 aliphatic carbocycles. The zero-order valence-electron chi connectivity index (χ0n) is 57.3. The molecule has 11 saturated heterocycles. The molecule has 6 unspecified atom stereocenters. The summed E-state index contributed by atoms with van der Waals surface area (Å²) in [7, 11) is 1.60. The topological polar surface area (TPSA) is 329 Å². The molecule has 11 fully saturated rings. The molecule has 1 aromatic carbocycles. The fraction of sp³-hybridized carbons (Fsp3) is 0.740.